The zero-order valence-corrected chi connectivity index (χ0v) is 12.0. The minimum absolute atomic E-state index is 0.514. The average molecular weight is 258 g/mol. The van der Waals surface area contributed by atoms with Crippen molar-refractivity contribution in [2.75, 3.05) is 23.7 Å². The molecule has 0 amide bonds. The molecule has 0 saturated heterocycles. The molecule has 1 aliphatic rings. The molecule has 0 saturated carbocycles. The molecule has 0 bridgehead atoms. The van der Waals surface area contributed by atoms with Crippen LogP contribution in [0, 0.1) is 0 Å². The van der Waals surface area contributed by atoms with Crippen LogP contribution in [0.1, 0.15) is 33.6 Å². The van der Waals surface area contributed by atoms with Crippen molar-refractivity contribution in [3.8, 4) is 0 Å². The van der Waals surface area contributed by atoms with E-state index < -0.39 is 0 Å². The number of rotatable bonds is 3. The summed E-state index contributed by atoms with van der Waals surface area (Å²) in [5.74, 6) is 1.32. The lowest BCUT2D eigenvalue weighted by molar-refractivity contribution is 0.744. The quantitative estimate of drug-likeness (QED) is 0.905. The standard InChI is InChI=1S/C15H22N4/c1-4-12(5-2)13-10-19(9-6-11(13)3)15-14(16)17-7-8-18-15/h4,7-8H,5-6,9-10H2,1-3H3,(H2,16,17). The van der Waals surface area contributed by atoms with Gasteiger partial charge in [-0.05, 0) is 37.8 Å². The number of nitrogens with zero attached hydrogens (tertiary/aromatic N) is 3. The highest BCUT2D eigenvalue weighted by molar-refractivity contribution is 5.60. The van der Waals surface area contributed by atoms with Crippen molar-refractivity contribution in [2.45, 2.75) is 33.6 Å². The fraction of sp³-hybridized carbons (Fsp3) is 0.467. The van der Waals surface area contributed by atoms with E-state index in [1.807, 2.05) is 0 Å². The Hall–Kier alpha value is -1.84. The van der Waals surface area contributed by atoms with E-state index in [4.69, 9.17) is 5.73 Å². The zero-order chi connectivity index (χ0) is 13.8. The molecule has 4 heteroatoms. The van der Waals surface area contributed by atoms with Gasteiger partial charge < -0.3 is 10.6 Å². The highest BCUT2D eigenvalue weighted by Gasteiger charge is 2.21. The van der Waals surface area contributed by atoms with Crippen LogP contribution in [0.4, 0.5) is 11.6 Å². The van der Waals surface area contributed by atoms with Gasteiger partial charge in [-0.15, -0.1) is 0 Å². The predicted molar refractivity (Wildman–Crippen MR) is 80.0 cm³/mol. The van der Waals surface area contributed by atoms with Crippen LogP contribution >= 0.6 is 0 Å². The maximum absolute atomic E-state index is 5.93. The monoisotopic (exact) mass is 258 g/mol. The number of nitrogen functional groups attached to an aromatic ring is 1. The second-order valence-corrected chi connectivity index (χ2v) is 4.86. The van der Waals surface area contributed by atoms with Crippen LogP contribution < -0.4 is 10.6 Å². The van der Waals surface area contributed by atoms with Gasteiger partial charge in [0, 0.05) is 25.5 Å². The fourth-order valence-electron chi connectivity index (χ4n) is 2.59. The normalized spacial score (nSPS) is 17.0. The molecule has 2 rings (SSSR count). The van der Waals surface area contributed by atoms with Gasteiger partial charge in [0.25, 0.3) is 0 Å². The first-order valence-corrected chi connectivity index (χ1v) is 6.83. The van der Waals surface area contributed by atoms with Crippen molar-refractivity contribution in [3.63, 3.8) is 0 Å². The van der Waals surface area contributed by atoms with Crippen LogP contribution in [0.3, 0.4) is 0 Å². The molecule has 0 spiro atoms. The molecule has 0 atom stereocenters. The second-order valence-electron chi connectivity index (χ2n) is 4.86. The van der Waals surface area contributed by atoms with Gasteiger partial charge in [-0.1, -0.05) is 18.6 Å². The number of allylic oxidation sites excluding steroid dienone is 1. The highest BCUT2D eigenvalue weighted by Crippen LogP contribution is 2.29. The zero-order valence-electron chi connectivity index (χ0n) is 12.0. The Bertz CT molecular complexity index is 517. The van der Waals surface area contributed by atoms with Crippen LogP contribution in [0.2, 0.25) is 0 Å². The molecule has 4 nitrogen and oxygen atoms in total. The molecule has 1 aliphatic heterocycles. The lowest BCUT2D eigenvalue weighted by Crippen LogP contribution is -2.33. The summed E-state index contributed by atoms with van der Waals surface area (Å²) in [6.07, 6.45) is 7.67. The van der Waals surface area contributed by atoms with Crippen LogP contribution in [-0.2, 0) is 0 Å². The third-order valence-corrected chi connectivity index (χ3v) is 3.74. The Morgan fingerprint density at radius 1 is 1.42 bits per heavy atom. The molecule has 0 aromatic carbocycles. The molecule has 19 heavy (non-hydrogen) atoms. The Morgan fingerprint density at radius 3 is 2.79 bits per heavy atom. The average Bonchev–Trinajstić information content (AvgIpc) is 2.43. The minimum atomic E-state index is 0.514. The summed E-state index contributed by atoms with van der Waals surface area (Å²) in [5.41, 5.74) is 10.3. The molecule has 0 radical (unpaired) electrons. The summed E-state index contributed by atoms with van der Waals surface area (Å²) in [4.78, 5) is 10.7. The Kier molecular flexibility index (Phi) is 4.20. The van der Waals surface area contributed by atoms with Gasteiger partial charge in [0.05, 0.1) is 0 Å². The van der Waals surface area contributed by atoms with E-state index >= 15 is 0 Å². The summed E-state index contributed by atoms with van der Waals surface area (Å²) in [6, 6.07) is 0. The molecular formula is C15H22N4. The summed E-state index contributed by atoms with van der Waals surface area (Å²) in [6.45, 7) is 8.37. The Morgan fingerprint density at radius 2 is 2.16 bits per heavy atom. The molecule has 1 aromatic rings. The van der Waals surface area contributed by atoms with E-state index in [0.29, 0.717) is 5.82 Å². The third-order valence-electron chi connectivity index (χ3n) is 3.74. The number of nitrogens with two attached hydrogens (primary N) is 1. The number of hydrogen-bond acceptors (Lipinski definition) is 4. The number of aromatic nitrogens is 2. The molecule has 0 aliphatic carbocycles. The van der Waals surface area contributed by atoms with E-state index in [1.54, 1.807) is 12.4 Å². The van der Waals surface area contributed by atoms with Crippen molar-refractivity contribution in [1.29, 1.82) is 0 Å². The Labute approximate surface area is 115 Å². The van der Waals surface area contributed by atoms with Crippen molar-refractivity contribution < 1.29 is 0 Å². The van der Waals surface area contributed by atoms with Crippen molar-refractivity contribution in [3.05, 3.63) is 35.2 Å². The number of anilines is 2. The largest absolute Gasteiger partial charge is 0.381 e. The van der Waals surface area contributed by atoms with E-state index in [9.17, 15) is 0 Å². The van der Waals surface area contributed by atoms with Gasteiger partial charge in [-0.2, -0.15) is 0 Å². The van der Waals surface area contributed by atoms with Crippen molar-refractivity contribution >= 4 is 11.6 Å². The van der Waals surface area contributed by atoms with E-state index in [0.717, 1.165) is 31.7 Å². The van der Waals surface area contributed by atoms with Gasteiger partial charge in [0.15, 0.2) is 11.6 Å². The molecule has 2 N–H and O–H groups in total. The topological polar surface area (TPSA) is 55.0 Å². The van der Waals surface area contributed by atoms with Gasteiger partial charge >= 0.3 is 0 Å². The lowest BCUT2D eigenvalue weighted by Gasteiger charge is -2.32. The lowest BCUT2D eigenvalue weighted by atomic mass is 9.93. The minimum Gasteiger partial charge on any atom is -0.381 e. The smallest absolute Gasteiger partial charge is 0.171 e. The molecule has 0 fully saturated rings. The second kappa shape index (κ2) is 5.87. The summed E-state index contributed by atoms with van der Waals surface area (Å²) >= 11 is 0. The fourth-order valence-corrected chi connectivity index (χ4v) is 2.59. The highest BCUT2D eigenvalue weighted by atomic mass is 15.2. The third kappa shape index (κ3) is 2.78. The first-order chi connectivity index (χ1) is 9.17. The summed E-state index contributed by atoms with van der Waals surface area (Å²) < 4.78 is 0. The molecule has 1 aromatic heterocycles. The van der Waals surface area contributed by atoms with Crippen LogP contribution in [-0.4, -0.2) is 23.1 Å². The molecule has 102 valence electrons. The first-order valence-electron chi connectivity index (χ1n) is 6.83. The van der Waals surface area contributed by atoms with Crippen LogP contribution in [0.25, 0.3) is 0 Å². The summed E-state index contributed by atoms with van der Waals surface area (Å²) in [5, 5.41) is 0. The van der Waals surface area contributed by atoms with Gasteiger partial charge in [0.2, 0.25) is 0 Å². The van der Waals surface area contributed by atoms with E-state index in [2.05, 4.69) is 41.7 Å². The molecular weight excluding hydrogens is 236 g/mol. The SMILES string of the molecule is CC=C(CC)C1=C(C)CCN(c2nccnc2N)C1. The maximum atomic E-state index is 5.93. The van der Waals surface area contributed by atoms with E-state index in [1.165, 1.54) is 16.7 Å². The van der Waals surface area contributed by atoms with Crippen molar-refractivity contribution in [2.24, 2.45) is 0 Å². The molecule has 2 heterocycles. The Balaban J connectivity index is 2.28. The van der Waals surface area contributed by atoms with Gasteiger partial charge in [-0.25, -0.2) is 9.97 Å². The molecule has 0 unspecified atom stereocenters. The van der Waals surface area contributed by atoms with E-state index in [-0.39, 0.29) is 0 Å². The first kappa shape index (κ1) is 13.6. The number of hydrogen-bond donors (Lipinski definition) is 1. The van der Waals surface area contributed by atoms with Crippen molar-refractivity contribution in [1.82, 2.24) is 9.97 Å². The summed E-state index contributed by atoms with van der Waals surface area (Å²) in [7, 11) is 0. The van der Waals surface area contributed by atoms with Gasteiger partial charge in [-0.3, -0.25) is 0 Å². The van der Waals surface area contributed by atoms with Gasteiger partial charge in [0.1, 0.15) is 0 Å². The predicted octanol–water partition coefficient (Wildman–Crippen LogP) is 2.94. The maximum Gasteiger partial charge on any atom is 0.171 e. The van der Waals surface area contributed by atoms with Crippen LogP contribution in [0.5, 0.6) is 0 Å². The van der Waals surface area contributed by atoms with Crippen LogP contribution in [0.15, 0.2) is 35.2 Å².